The van der Waals surface area contributed by atoms with Crippen LogP contribution >= 0.6 is 0 Å². The highest BCUT2D eigenvalue weighted by molar-refractivity contribution is 5.92. The van der Waals surface area contributed by atoms with Crippen LogP contribution in [-0.4, -0.2) is 23.1 Å². The molecule has 0 aromatic heterocycles. The minimum atomic E-state index is -0.918. The summed E-state index contributed by atoms with van der Waals surface area (Å²) in [6.45, 7) is 1.87. The van der Waals surface area contributed by atoms with Crippen molar-refractivity contribution in [1.29, 1.82) is 0 Å². The van der Waals surface area contributed by atoms with E-state index >= 15 is 0 Å². The molecule has 2 aromatic carbocycles. The predicted octanol–water partition coefficient (Wildman–Crippen LogP) is 2.25. The summed E-state index contributed by atoms with van der Waals surface area (Å²) < 4.78 is 5.08. The summed E-state index contributed by atoms with van der Waals surface area (Å²) in [5, 5.41) is 12.0. The van der Waals surface area contributed by atoms with Crippen LogP contribution in [0.3, 0.4) is 0 Å². The number of benzene rings is 2. The molecule has 0 aliphatic rings. The molecule has 1 amide bonds. The molecule has 5 heteroatoms. The highest BCUT2D eigenvalue weighted by atomic mass is 16.5. The van der Waals surface area contributed by atoms with Gasteiger partial charge in [-0.15, -0.1) is 0 Å². The number of hydrogen-bond donors (Lipinski definition) is 2. The van der Waals surface area contributed by atoms with E-state index in [9.17, 15) is 14.7 Å². The van der Waals surface area contributed by atoms with Crippen molar-refractivity contribution in [1.82, 2.24) is 5.32 Å². The topological polar surface area (TPSA) is 75.6 Å². The fourth-order valence-corrected chi connectivity index (χ4v) is 1.84. The summed E-state index contributed by atoms with van der Waals surface area (Å²) in [5.41, 5.74) is 1.16. The molecular weight excluding hydrogens is 282 g/mol. The van der Waals surface area contributed by atoms with Gasteiger partial charge in [0.1, 0.15) is 5.75 Å². The normalized spacial score (nSPS) is 11.5. The van der Waals surface area contributed by atoms with Crippen molar-refractivity contribution in [3.63, 3.8) is 0 Å². The minimum absolute atomic E-state index is 0.0318. The molecule has 0 fully saturated rings. The van der Waals surface area contributed by atoms with Gasteiger partial charge in [0.2, 0.25) is 0 Å². The van der Waals surface area contributed by atoms with Gasteiger partial charge in [-0.1, -0.05) is 36.4 Å². The molecule has 0 spiro atoms. The lowest BCUT2D eigenvalue weighted by molar-refractivity contribution is -0.129. The van der Waals surface area contributed by atoms with Crippen LogP contribution in [0.4, 0.5) is 0 Å². The van der Waals surface area contributed by atoms with Crippen molar-refractivity contribution >= 4 is 11.9 Å². The largest absolute Gasteiger partial charge is 0.508 e. The molecule has 2 aromatic rings. The third-order valence-corrected chi connectivity index (χ3v) is 3.04. The summed E-state index contributed by atoms with van der Waals surface area (Å²) >= 11 is 0. The van der Waals surface area contributed by atoms with Gasteiger partial charge in [-0.05, 0) is 30.7 Å². The summed E-state index contributed by atoms with van der Waals surface area (Å²) in [4.78, 5) is 23.8. The first-order valence-corrected chi connectivity index (χ1v) is 6.88. The number of esters is 1. The summed E-state index contributed by atoms with van der Waals surface area (Å²) in [5.74, 6) is -1.06. The molecule has 0 aliphatic heterocycles. The lowest BCUT2D eigenvalue weighted by atomic mass is 10.2. The van der Waals surface area contributed by atoms with Gasteiger partial charge in [0, 0.05) is 6.54 Å². The number of amides is 1. The Labute approximate surface area is 128 Å². The van der Waals surface area contributed by atoms with Crippen LogP contribution in [0.1, 0.15) is 22.8 Å². The van der Waals surface area contributed by atoms with Gasteiger partial charge < -0.3 is 15.2 Å². The van der Waals surface area contributed by atoms with E-state index in [1.54, 1.807) is 0 Å². The van der Waals surface area contributed by atoms with Gasteiger partial charge in [-0.3, -0.25) is 4.79 Å². The molecule has 0 heterocycles. The SMILES string of the molecule is C[C@H](OC(=O)c1cccc(O)c1)C(=O)NCc1ccccc1. The average Bonchev–Trinajstić information content (AvgIpc) is 2.53. The van der Waals surface area contributed by atoms with Crippen LogP contribution in [-0.2, 0) is 16.1 Å². The highest BCUT2D eigenvalue weighted by Crippen LogP contribution is 2.12. The molecular formula is C17H17NO4. The quantitative estimate of drug-likeness (QED) is 0.830. The summed E-state index contributed by atoms with van der Waals surface area (Å²) in [6, 6.07) is 15.2. The van der Waals surface area contributed by atoms with Crippen molar-refractivity contribution < 1.29 is 19.4 Å². The molecule has 0 saturated heterocycles. The van der Waals surface area contributed by atoms with Gasteiger partial charge in [-0.25, -0.2) is 4.79 Å². The molecule has 0 unspecified atom stereocenters. The first-order valence-electron chi connectivity index (χ1n) is 6.88. The van der Waals surface area contributed by atoms with Crippen molar-refractivity contribution in [2.45, 2.75) is 19.6 Å². The van der Waals surface area contributed by atoms with Gasteiger partial charge in [-0.2, -0.15) is 0 Å². The Hall–Kier alpha value is -2.82. The van der Waals surface area contributed by atoms with Crippen LogP contribution in [0, 0.1) is 0 Å². The molecule has 1 atom stereocenters. The van der Waals surface area contributed by atoms with Gasteiger partial charge in [0.15, 0.2) is 6.10 Å². The third-order valence-electron chi connectivity index (χ3n) is 3.04. The van der Waals surface area contributed by atoms with Crippen LogP contribution in [0.15, 0.2) is 54.6 Å². The number of rotatable bonds is 5. The molecule has 2 rings (SSSR count). The Morgan fingerprint density at radius 2 is 1.86 bits per heavy atom. The second-order valence-corrected chi connectivity index (χ2v) is 4.80. The fourth-order valence-electron chi connectivity index (χ4n) is 1.84. The summed E-state index contributed by atoms with van der Waals surface area (Å²) in [6.07, 6.45) is -0.918. The Bertz CT molecular complexity index is 655. The smallest absolute Gasteiger partial charge is 0.339 e. The Morgan fingerprint density at radius 1 is 1.14 bits per heavy atom. The third kappa shape index (κ3) is 4.34. The maximum Gasteiger partial charge on any atom is 0.339 e. The molecule has 0 radical (unpaired) electrons. The number of carbonyl (C=O) groups is 2. The first-order chi connectivity index (χ1) is 10.6. The van der Waals surface area contributed by atoms with E-state index in [4.69, 9.17) is 4.74 Å². The lowest BCUT2D eigenvalue weighted by Crippen LogP contribution is -2.35. The van der Waals surface area contributed by atoms with E-state index in [1.807, 2.05) is 30.3 Å². The Balaban J connectivity index is 1.87. The average molecular weight is 299 g/mol. The van der Waals surface area contributed by atoms with Crippen molar-refractivity contribution in [2.75, 3.05) is 0 Å². The minimum Gasteiger partial charge on any atom is -0.508 e. The van der Waals surface area contributed by atoms with Gasteiger partial charge >= 0.3 is 5.97 Å². The summed E-state index contributed by atoms with van der Waals surface area (Å²) in [7, 11) is 0. The van der Waals surface area contributed by atoms with E-state index in [-0.39, 0.29) is 17.2 Å². The van der Waals surface area contributed by atoms with E-state index in [0.29, 0.717) is 6.54 Å². The molecule has 0 bridgehead atoms. The van der Waals surface area contributed by atoms with E-state index < -0.39 is 12.1 Å². The van der Waals surface area contributed by atoms with Crippen molar-refractivity contribution in [2.24, 2.45) is 0 Å². The monoisotopic (exact) mass is 299 g/mol. The van der Waals surface area contributed by atoms with Gasteiger partial charge in [0.05, 0.1) is 5.56 Å². The molecule has 22 heavy (non-hydrogen) atoms. The zero-order valence-electron chi connectivity index (χ0n) is 12.2. The zero-order valence-corrected chi connectivity index (χ0v) is 12.2. The molecule has 0 saturated carbocycles. The highest BCUT2D eigenvalue weighted by Gasteiger charge is 2.18. The number of ether oxygens (including phenoxy) is 1. The van der Waals surface area contributed by atoms with E-state index in [0.717, 1.165) is 5.56 Å². The Morgan fingerprint density at radius 3 is 2.55 bits per heavy atom. The van der Waals surface area contributed by atoms with Crippen LogP contribution in [0.25, 0.3) is 0 Å². The van der Waals surface area contributed by atoms with Crippen molar-refractivity contribution in [3.8, 4) is 5.75 Å². The van der Waals surface area contributed by atoms with Crippen LogP contribution in [0.5, 0.6) is 5.75 Å². The standard InChI is InChI=1S/C17H17NO4/c1-12(16(20)18-11-13-6-3-2-4-7-13)22-17(21)14-8-5-9-15(19)10-14/h2-10,12,19H,11H2,1H3,(H,18,20)/t12-/m0/s1. The van der Waals surface area contributed by atoms with E-state index in [1.165, 1.54) is 31.2 Å². The van der Waals surface area contributed by atoms with Crippen molar-refractivity contribution in [3.05, 3.63) is 65.7 Å². The molecule has 2 N–H and O–H groups in total. The maximum absolute atomic E-state index is 11.9. The predicted molar refractivity (Wildman–Crippen MR) is 81.3 cm³/mol. The molecule has 5 nitrogen and oxygen atoms in total. The second kappa shape index (κ2) is 7.26. The number of phenolic OH excluding ortho intramolecular Hbond substituents is 1. The second-order valence-electron chi connectivity index (χ2n) is 4.80. The fraction of sp³-hybridized carbons (Fsp3) is 0.176. The number of nitrogens with one attached hydrogen (secondary N) is 1. The van der Waals surface area contributed by atoms with Crippen LogP contribution < -0.4 is 5.32 Å². The number of phenols is 1. The Kier molecular flexibility index (Phi) is 5.14. The maximum atomic E-state index is 11.9. The number of hydrogen-bond acceptors (Lipinski definition) is 4. The zero-order chi connectivity index (χ0) is 15.9. The molecule has 114 valence electrons. The lowest BCUT2D eigenvalue weighted by Gasteiger charge is -2.13. The molecule has 0 aliphatic carbocycles. The number of carbonyl (C=O) groups excluding carboxylic acids is 2. The number of aromatic hydroxyl groups is 1. The first kappa shape index (κ1) is 15.6. The van der Waals surface area contributed by atoms with E-state index in [2.05, 4.69) is 5.32 Å². The van der Waals surface area contributed by atoms with Gasteiger partial charge in [0.25, 0.3) is 5.91 Å². The van der Waals surface area contributed by atoms with Crippen LogP contribution in [0.2, 0.25) is 0 Å².